The number of nitro benzene ring substituents is 1. The van der Waals surface area contributed by atoms with Crippen LogP contribution in [0.3, 0.4) is 0 Å². The molecule has 1 atom stereocenters. The van der Waals surface area contributed by atoms with Gasteiger partial charge in [0.15, 0.2) is 0 Å². The van der Waals surface area contributed by atoms with E-state index in [0.717, 1.165) is 60.9 Å². The number of hydrogen-bond donors (Lipinski definition) is 3. The van der Waals surface area contributed by atoms with E-state index >= 15 is 0 Å². The van der Waals surface area contributed by atoms with Crippen molar-refractivity contribution in [1.82, 2.24) is 29.4 Å². The number of sulfonamides is 1. The Kier molecular flexibility index (Phi) is 12.4. The zero-order valence-electron chi connectivity index (χ0n) is 33.8. The summed E-state index contributed by atoms with van der Waals surface area (Å²) in [5.41, 5.74) is 3.64. The number of amides is 2. The van der Waals surface area contributed by atoms with Crippen molar-refractivity contribution >= 4 is 61.5 Å². The van der Waals surface area contributed by atoms with E-state index in [-0.39, 0.29) is 28.9 Å². The highest BCUT2D eigenvalue weighted by atomic mass is 35.5. The van der Waals surface area contributed by atoms with Crippen LogP contribution in [0.4, 0.5) is 17.1 Å². The van der Waals surface area contributed by atoms with Crippen LogP contribution in [0, 0.1) is 10.1 Å². The molecule has 61 heavy (non-hydrogen) atoms. The lowest BCUT2D eigenvalue weighted by Crippen LogP contribution is -2.49. The number of piperazine rings is 2. The van der Waals surface area contributed by atoms with Gasteiger partial charge in [0.05, 0.1) is 21.6 Å². The molecule has 18 heteroatoms. The number of H-pyrrole nitrogens is 1. The number of nitrogens with zero attached hydrogens (tertiary/aromatic N) is 6. The van der Waals surface area contributed by atoms with Gasteiger partial charge in [-0.25, -0.2) is 18.1 Å². The molecule has 2 aromatic heterocycles. The predicted molar refractivity (Wildman–Crippen MR) is 233 cm³/mol. The molecule has 2 saturated heterocycles. The summed E-state index contributed by atoms with van der Waals surface area (Å²) in [6.45, 7) is 8.08. The first-order chi connectivity index (χ1) is 29.4. The van der Waals surface area contributed by atoms with Gasteiger partial charge in [-0.1, -0.05) is 30.2 Å². The van der Waals surface area contributed by atoms with Crippen molar-refractivity contribution in [1.29, 1.82) is 0 Å². The van der Waals surface area contributed by atoms with Crippen LogP contribution in [0.5, 0.6) is 11.5 Å². The summed E-state index contributed by atoms with van der Waals surface area (Å²) in [6, 6.07) is 18.6. The number of carbonyl (C=O) groups is 2. The smallest absolute Gasteiger partial charge is 0.293 e. The Balaban J connectivity index is 0.985. The van der Waals surface area contributed by atoms with Crippen molar-refractivity contribution in [3.63, 3.8) is 0 Å². The number of hydrogen-bond acceptors (Lipinski definition) is 12. The molecule has 3 aromatic carbocycles. The summed E-state index contributed by atoms with van der Waals surface area (Å²) < 4.78 is 35.8. The number of nitrogens with one attached hydrogen (secondary N) is 3. The van der Waals surface area contributed by atoms with Crippen molar-refractivity contribution < 1.29 is 27.7 Å². The van der Waals surface area contributed by atoms with Crippen molar-refractivity contribution in [2.45, 2.75) is 43.5 Å². The monoisotopic (exact) mass is 869 g/mol. The van der Waals surface area contributed by atoms with E-state index in [0.29, 0.717) is 63.8 Å². The zero-order chi connectivity index (χ0) is 42.7. The molecule has 320 valence electrons. The second-order valence-corrected chi connectivity index (χ2v) is 17.7. The van der Waals surface area contributed by atoms with Crippen molar-refractivity contribution in [2.75, 3.05) is 75.7 Å². The second kappa shape index (κ2) is 18.1. The Labute approximate surface area is 359 Å². The zero-order valence-corrected chi connectivity index (χ0v) is 35.4. The van der Waals surface area contributed by atoms with Gasteiger partial charge < -0.3 is 24.8 Å². The largest absolute Gasteiger partial charge is 0.455 e. The quantitative estimate of drug-likeness (QED) is 0.0734. The van der Waals surface area contributed by atoms with Gasteiger partial charge in [-0.05, 0) is 72.9 Å². The third kappa shape index (κ3) is 9.44. The maximum Gasteiger partial charge on any atom is 0.293 e. The summed E-state index contributed by atoms with van der Waals surface area (Å²) in [7, 11) is -4.58. The van der Waals surface area contributed by atoms with Gasteiger partial charge in [0.1, 0.15) is 22.8 Å². The Morgan fingerprint density at radius 1 is 0.984 bits per heavy atom. The highest BCUT2D eigenvalue weighted by Gasteiger charge is 2.30. The van der Waals surface area contributed by atoms with Crippen molar-refractivity contribution in [3.05, 3.63) is 111 Å². The lowest BCUT2D eigenvalue weighted by atomic mass is 9.97. The molecule has 0 spiro atoms. The van der Waals surface area contributed by atoms with Gasteiger partial charge in [-0.2, -0.15) is 0 Å². The summed E-state index contributed by atoms with van der Waals surface area (Å²) in [5, 5.41) is 16.8. The van der Waals surface area contributed by atoms with Crippen LogP contribution in [0.1, 0.15) is 53.7 Å². The number of aromatic amines is 1. The number of carbonyl (C=O) groups excluding carboxylic acids is 2. The molecule has 0 saturated carbocycles. The van der Waals surface area contributed by atoms with Crippen LogP contribution in [0.2, 0.25) is 5.02 Å². The molecule has 0 radical (unpaired) electrons. The summed E-state index contributed by atoms with van der Waals surface area (Å²) in [6.07, 6.45) is 7.55. The van der Waals surface area contributed by atoms with Crippen LogP contribution < -0.4 is 19.7 Å². The van der Waals surface area contributed by atoms with E-state index in [1.165, 1.54) is 42.4 Å². The number of benzene rings is 3. The minimum atomic E-state index is -4.58. The van der Waals surface area contributed by atoms with Gasteiger partial charge in [-0.3, -0.25) is 29.5 Å². The van der Waals surface area contributed by atoms with Crippen LogP contribution in [0.15, 0.2) is 84.0 Å². The number of pyridine rings is 1. The van der Waals surface area contributed by atoms with Crippen LogP contribution in [-0.4, -0.2) is 115 Å². The van der Waals surface area contributed by atoms with Crippen LogP contribution >= 0.6 is 11.6 Å². The van der Waals surface area contributed by atoms with Crippen molar-refractivity contribution in [2.24, 2.45) is 0 Å². The lowest BCUT2D eigenvalue weighted by molar-refractivity contribution is -0.384. The molecule has 5 aromatic rings. The SMILES string of the molecule is CC(=O)N1CCN(CCNc2ccc(S(=O)(=O)NC(=O)c3ccc(N4CCN(C5CCCCc6c(Cl)cccc65)CC4)cc3Oc3cnc4[nH]ccc4c3)cc2[N+](=O)[O-])CC1. The number of fused-ring (bicyclic) bond motifs is 2. The molecule has 1 unspecified atom stereocenters. The molecule has 1 aliphatic carbocycles. The van der Waals surface area contributed by atoms with Gasteiger partial charge in [0.25, 0.3) is 21.6 Å². The highest BCUT2D eigenvalue weighted by Crippen LogP contribution is 2.38. The van der Waals surface area contributed by atoms with Gasteiger partial charge in [0.2, 0.25) is 5.91 Å². The van der Waals surface area contributed by atoms with E-state index in [9.17, 15) is 28.1 Å². The Morgan fingerprint density at radius 2 is 1.79 bits per heavy atom. The normalized spacial score (nSPS) is 17.7. The number of aromatic nitrogens is 2. The highest BCUT2D eigenvalue weighted by molar-refractivity contribution is 7.90. The number of rotatable bonds is 12. The molecular weight excluding hydrogens is 822 g/mol. The van der Waals surface area contributed by atoms with E-state index < -0.39 is 31.4 Å². The molecule has 16 nitrogen and oxygen atoms in total. The molecule has 4 heterocycles. The maximum atomic E-state index is 13.9. The predicted octanol–water partition coefficient (Wildman–Crippen LogP) is 6.20. The molecular formula is C43H48ClN9O7S. The summed E-state index contributed by atoms with van der Waals surface area (Å²) in [5.74, 6) is -0.487. The van der Waals surface area contributed by atoms with E-state index in [2.05, 4.69) is 40.8 Å². The van der Waals surface area contributed by atoms with Gasteiger partial charge in [-0.15, -0.1) is 0 Å². The first-order valence-corrected chi connectivity index (χ1v) is 22.4. The number of halogens is 1. The Morgan fingerprint density at radius 3 is 2.56 bits per heavy atom. The number of ether oxygens (including phenoxy) is 1. The fourth-order valence-electron chi connectivity index (χ4n) is 8.55. The third-order valence-electron chi connectivity index (χ3n) is 11.9. The molecule has 2 aliphatic heterocycles. The molecule has 3 N–H and O–H groups in total. The Bertz CT molecular complexity index is 2550. The van der Waals surface area contributed by atoms with Gasteiger partial charge in [0, 0.05) is 113 Å². The fraction of sp³-hybridized carbons (Fsp3) is 0.372. The van der Waals surface area contributed by atoms with E-state index in [1.54, 1.807) is 29.3 Å². The average molecular weight is 870 g/mol. The fourth-order valence-corrected chi connectivity index (χ4v) is 9.81. The minimum Gasteiger partial charge on any atom is -0.455 e. The standard InChI is InChI=1S/C43H48ClN9O7S/c1-29(54)50-19-17-49(18-20-50)16-15-45-38-12-10-33(27-40(38)53(56)57)61(58,59)48-43(55)36-11-9-31(26-41(36)60-32-25-30-13-14-46-42(30)47-28-32)51-21-23-52(24-22-51)39-8-3-2-5-34-35(39)6-4-7-37(34)44/h4,6-7,9-14,25-28,39,45H,2-3,5,8,15-24H2,1H3,(H,46,47)(H,48,55). The third-order valence-corrected chi connectivity index (χ3v) is 13.5. The molecule has 3 aliphatic rings. The minimum absolute atomic E-state index is 0.0261. The average Bonchev–Trinajstić information content (AvgIpc) is 3.61. The first-order valence-electron chi connectivity index (χ1n) is 20.5. The summed E-state index contributed by atoms with van der Waals surface area (Å²) in [4.78, 5) is 52.7. The molecule has 8 rings (SSSR count). The Hall–Kier alpha value is -5.75. The van der Waals surface area contributed by atoms with Gasteiger partial charge >= 0.3 is 0 Å². The molecule has 0 bridgehead atoms. The number of anilines is 2. The van der Waals surface area contributed by atoms with Crippen molar-refractivity contribution in [3.8, 4) is 11.5 Å². The molecule has 2 amide bonds. The van der Waals surface area contributed by atoms with E-state index in [4.69, 9.17) is 16.3 Å². The van der Waals surface area contributed by atoms with E-state index in [1.807, 2.05) is 18.2 Å². The van der Waals surface area contributed by atoms with Crippen LogP contribution in [-0.2, 0) is 21.2 Å². The first kappa shape index (κ1) is 42.0. The second-order valence-electron chi connectivity index (χ2n) is 15.6. The lowest BCUT2D eigenvalue weighted by Gasteiger charge is -2.40. The maximum absolute atomic E-state index is 13.9. The molecule has 2 fully saturated rings. The van der Waals surface area contributed by atoms with Crippen LogP contribution in [0.25, 0.3) is 11.0 Å². The number of nitro groups is 1. The topological polar surface area (TPSA) is 186 Å². The summed E-state index contributed by atoms with van der Waals surface area (Å²) >= 11 is 6.65.